The Labute approximate surface area is 227 Å². The third-order valence-electron chi connectivity index (χ3n) is 8.83. The van der Waals surface area contributed by atoms with Crippen molar-refractivity contribution in [1.82, 2.24) is 19.5 Å². The number of hydrogen-bond acceptors (Lipinski definition) is 8. The number of aromatic nitrogens is 4. The molecule has 1 aliphatic carbocycles. The predicted octanol–water partition coefficient (Wildman–Crippen LogP) is 4.79. The van der Waals surface area contributed by atoms with Crippen LogP contribution in [0.5, 0.6) is 0 Å². The van der Waals surface area contributed by atoms with Crippen molar-refractivity contribution in [2.75, 3.05) is 18.1 Å². The molecular weight excluding hydrogens is 506 g/mol. The van der Waals surface area contributed by atoms with Crippen molar-refractivity contribution in [3.63, 3.8) is 0 Å². The number of anilines is 1. The summed E-state index contributed by atoms with van der Waals surface area (Å²) in [4.78, 5) is 16.6. The summed E-state index contributed by atoms with van der Waals surface area (Å²) in [6.45, 7) is 4.50. The first kappa shape index (κ1) is 24.7. The van der Waals surface area contributed by atoms with Gasteiger partial charge in [-0.05, 0) is 55.7 Å². The molecule has 0 radical (unpaired) electrons. The molecule has 3 aliphatic heterocycles. The van der Waals surface area contributed by atoms with Gasteiger partial charge in [-0.2, -0.15) is 9.97 Å². The SMILES string of the molecule is CC1(C)OC2C(O1)[C@@H](CO)O[C@H]2n1cnc2c(N3CC4(CCCCC4)CC3c3ccccc3)nc(Cl)nc21. The maximum Gasteiger partial charge on any atom is 0.226 e. The van der Waals surface area contributed by atoms with E-state index in [-0.39, 0.29) is 29.5 Å². The number of nitrogens with zero attached hydrogens (tertiary/aromatic N) is 5. The van der Waals surface area contributed by atoms with Gasteiger partial charge < -0.3 is 24.2 Å². The molecule has 3 saturated heterocycles. The highest BCUT2D eigenvalue weighted by atomic mass is 35.5. The van der Waals surface area contributed by atoms with Gasteiger partial charge in [-0.25, -0.2) is 4.98 Å². The fourth-order valence-electron chi connectivity index (χ4n) is 7.21. The summed E-state index contributed by atoms with van der Waals surface area (Å²) in [6, 6.07) is 10.9. The first-order valence-electron chi connectivity index (χ1n) is 13.7. The van der Waals surface area contributed by atoms with Gasteiger partial charge in [0.05, 0.1) is 19.0 Å². The van der Waals surface area contributed by atoms with Crippen LogP contribution < -0.4 is 4.90 Å². The third-order valence-corrected chi connectivity index (χ3v) is 9.00. The molecule has 10 heteroatoms. The molecule has 1 N–H and O–H groups in total. The summed E-state index contributed by atoms with van der Waals surface area (Å²) >= 11 is 6.59. The maximum atomic E-state index is 9.96. The molecule has 1 saturated carbocycles. The van der Waals surface area contributed by atoms with Crippen LogP contribution >= 0.6 is 11.6 Å². The van der Waals surface area contributed by atoms with Crippen LogP contribution in [-0.2, 0) is 14.2 Å². The topological polar surface area (TPSA) is 94.8 Å². The van der Waals surface area contributed by atoms with Crippen molar-refractivity contribution >= 4 is 28.6 Å². The Hall–Kier alpha value is -2.30. The number of halogens is 1. The number of benzene rings is 1. The zero-order chi connectivity index (χ0) is 26.1. The molecule has 1 spiro atoms. The van der Waals surface area contributed by atoms with Crippen molar-refractivity contribution in [1.29, 1.82) is 0 Å². The average molecular weight is 540 g/mol. The second-order valence-electron chi connectivity index (χ2n) is 11.8. The minimum Gasteiger partial charge on any atom is -0.394 e. The molecule has 3 aromatic rings. The lowest BCUT2D eigenvalue weighted by atomic mass is 9.72. The molecule has 38 heavy (non-hydrogen) atoms. The van der Waals surface area contributed by atoms with E-state index in [1.54, 1.807) is 6.33 Å². The zero-order valence-corrected chi connectivity index (χ0v) is 22.5. The summed E-state index contributed by atoms with van der Waals surface area (Å²) < 4.78 is 20.3. The molecule has 5 heterocycles. The third kappa shape index (κ3) is 4.02. The molecule has 202 valence electrons. The lowest BCUT2D eigenvalue weighted by Gasteiger charge is -2.33. The number of fused-ring (bicyclic) bond motifs is 2. The van der Waals surface area contributed by atoms with E-state index in [4.69, 9.17) is 35.8 Å². The van der Waals surface area contributed by atoms with Crippen molar-refractivity contribution < 1.29 is 19.3 Å². The largest absolute Gasteiger partial charge is 0.394 e. The summed E-state index contributed by atoms with van der Waals surface area (Å²) in [6.07, 6.45) is 7.28. The van der Waals surface area contributed by atoms with Gasteiger partial charge >= 0.3 is 0 Å². The van der Waals surface area contributed by atoms with Gasteiger partial charge in [0.15, 0.2) is 29.0 Å². The van der Waals surface area contributed by atoms with Crippen LogP contribution in [-0.4, -0.2) is 61.9 Å². The van der Waals surface area contributed by atoms with E-state index in [9.17, 15) is 5.11 Å². The average Bonchev–Trinajstić information content (AvgIpc) is 3.65. The van der Waals surface area contributed by atoms with Crippen molar-refractivity contribution in [3.8, 4) is 0 Å². The highest BCUT2D eigenvalue weighted by Crippen LogP contribution is 2.53. The van der Waals surface area contributed by atoms with Crippen LogP contribution in [0.2, 0.25) is 5.28 Å². The van der Waals surface area contributed by atoms with Crippen LogP contribution in [0.4, 0.5) is 5.82 Å². The smallest absolute Gasteiger partial charge is 0.226 e. The van der Waals surface area contributed by atoms with E-state index in [0.717, 1.165) is 18.8 Å². The monoisotopic (exact) mass is 539 g/mol. The molecule has 9 nitrogen and oxygen atoms in total. The van der Waals surface area contributed by atoms with E-state index in [1.807, 2.05) is 18.4 Å². The molecule has 2 aromatic heterocycles. The Balaban J connectivity index is 1.31. The van der Waals surface area contributed by atoms with E-state index < -0.39 is 24.2 Å². The summed E-state index contributed by atoms with van der Waals surface area (Å²) in [5.41, 5.74) is 2.83. The number of hydrogen-bond donors (Lipinski definition) is 1. The Kier molecular flexibility index (Phi) is 5.94. The summed E-state index contributed by atoms with van der Waals surface area (Å²) in [5.74, 6) is -0.0154. The van der Waals surface area contributed by atoms with Crippen molar-refractivity contribution in [3.05, 3.63) is 47.5 Å². The van der Waals surface area contributed by atoms with Gasteiger partial charge in [-0.3, -0.25) is 4.57 Å². The molecule has 0 bridgehead atoms. The summed E-state index contributed by atoms with van der Waals surface area (Å²) in [5, 5.41) is 10.1. The van der Waals surface area contributed by atoms with Gasteiger partial charge in [-0.1, -0.05) is 49.6 Å². The van der Waals surface area contributed by atoms with Crippen LogP contribution in [0.1, 0.15) is 70.2 Å². The van der Waals surface area contributed by atoms with Crippen LogP contribution in [0.15, 0.2) is 36.7 Å². The zero-order valence-electron chi connectivity index (χ0n) is 21.8. The maximum absolute atomic E-state index is 9.96. The van der Waals surface area contributed by atoms with Crippen LogP contribution in [0.3, 0.4) is 0 Å². The Morgan fingerprint density at radius 3 is 2.58 bits per heavy atom. The number of ether oxygens (including phenoxy) is 3. The van der Waals surface area contributed by atoms with Crippen LogP contribution in [0, 0.1) is 5.41 Å². The van der Waals surface area contributed by atoms with Gasteiger partial charge in [0.25, 0.3) is 0 Å². The molecule has 7 rings (SSSR count). The number of aliphatic hydroxyl groups is 1. The van der Waals surface area contributed by atoms with Gasteiger partial charge in [-0.15, -0.1) is 0 Å². The standard InChI is InChI=1S/C28H34ClN5O4/c1-27(2)37-21-19(14-35)36-25(22(21)38-27)34-16-30-20-23(31-26(29)32-24(20)34)33-15-28(11-7-4-8-12-28)13-18(33)17-9-5-3-6-10-17/h3,5-6,9-10,16,18-19,21-22,25,35H,4,7-8,11-15H2,1-2H3/t18?,19-,21?,22?,25-/m1/s1. The Morgan fingerprint density at radius 1 is 1.05 bits per heavy atom. The first-order chi connectivity index (χ1) is 18.4. The molecular formula is C28H34ClN5O4. The highest BCUT2D eigenvalue weighted by Gasteiger charge is 2.56. The molecule has 4 aliphatic rings. The normalized spacial score (nSPS) is 31.9. The molecule has 0 amide bonds. The number of rotatable bonds is 4. The van der Waals surface area contributed by atoms with E-state index >= 15 is 0 Å². The summed E-state index contributed by atoms with van der Waals surface area (Å²) in [7, 11) is 0. The molecule has 4 fully saturated rings. The Morgan fingerprint density at radius 2 is 1.82 bits per heavy atom. The second-order valence-corrected chi connectivity index (χ2v) is 12.1. The fraction of sp³-hybridized carbons (Fsp3) is 0.607. The fourth-order valence-corrected chi connectivity index (χ4v) is 7.37. The molecule has 1 aromatic carbocycles. The van der Waals surface area contributed by atoms with Crippen LogP contribution in [0.25, 0.3) is 11.2 Å². The van der Waals surface area contributed by atoms with E-state index in [0.29, 0.717) is 11.2 Å². The highest BCUT2D eigenvalue weighted by molar-refractivity contribution is 6.28. The number of imidazole rings is 1. The predicted molar refractivity (Wildman–Crippen MR) is 142 cm³/mol. The Bertz CT molecular complexity index is 1330. The van der Waals surface area contributed by atoms with Gasteiger partial charge in [0, 0.05) is 6.54 Å². The van der Waals surface area contributed by atoms with E-state index in [2.05, 4.69) is 40.2 Å². The quantitative estimate of drug-likeness (QED) is 0.473. The van der Waals surface area contributed by atoms with E-state index in [1.165, 1.54) is 37.7 Å². The second kappa shape index (κ2) is 9.13. The lowest BCUT2D eigenvalue weighted by Crippen LogP contribution is -2.31. The van der Waals surface area contributed by atoms with Crippen molar-refractivity contribution in [2.24, 2.45) is 5.41 Å². The molecule has 5 atom stereocenters. The van der Waals surface area contributed by atoms with Gasteiger partial charge in [0.1, 0.15) is 18.3 Å². The van der Waals surface area contributed by atoms with Crippen molar-refractivity contribution in [2.45, 2.75) is 88.7 Å². The minimum absolute atomic E-state index is 0.167. The molecule has 3 unspecified atom stereocenters. The first-order valence-corrected chi connectivity index (χ1v) is 14.1. The van der Waals surface area contributed by atoms with Gasteiger partial charge in [0.2, 0.25) is 5.28 Å². The lowest BCUT2D eigenvalue weighted by molar-refractivity contribution is -0.199. The minimum atomic E-state index is -0.772. The number of aliphatic hydroxyl groups excluding tert-OH is 1.